The van der Waals surface area contributed by atoms with Crippen LogP contribution in [0.3, 0.4) is 0 Å². The maximum absolute atomic E-state index is 15.8. The Balaban J connectivity index is 1.63. The number of amides is 1. The summed E-state index contributed by atoms with van der Waals surface area (Å²) < 4.78 is 73.5. The van der Waals surface area contributed by atoms with Gasteiger partial charge >= 0.3 is 5.69 Å². The number of carbonyl (C=O) groups excluding carboxylic acids is 1. The number of benzene rings is 1. The van der Waals surface area contributed by atoms with E-state index in [0.29, 0.717) is 12.8 Å². The predicted octanol–water partition coefficient (Wildman–Crippen LogP) is 3.81. The molecule has 1 aliphatic carbocycles. The third-order valence-corrected chi connectivity index (χ3v) is 10.3. The normalized spacial score (nSPS) is 17.5. The SMILES string of the molecule is C=CC(=O)N1CCN(c2nc(=O)n(-c3cccnc3S(=O)(=O)C3CCC3)c3nc(-c4c(F)cccc4F)c(F)cc23)[C@@H](C)C1. The molecule has 1 saturated carbocycles. The number of aromatic nitrogens is 4. The topological polar surface area (TPSA) is 118 Å². The highest BCUT2D eigenvalue weighted by Crippen LogP contribution is 2.36. The van der Waals surface area contributed by atoms with Gasteiger partial charge < -0.3 is 9.80 Å². The van der Waals surface area contributed by atoms with Crippen LogP contribution >= 0.6 is 0 Å². The van der Waals surface area contributed by atoms with Crippen molar-refractivity contribution in [2.24, 2.45) is 0 Å². The predicted molar refractivity (Wildman–Crippen MR) is 157 cm³/mol. The van der Waals surface area contributed by atoms with Crippen LogP contribution in [0.5, 0.6) is 0 Å². The van der Waals surface area contributed by atoms with Crippen LogP contribution in [-0.2, 0) is 14.6 Å². The van der Waals surface area contributed by atoms with Gasteiger partial charge in [0.1, 0.15) is 23.1 Å². The van der Waals surface area contributed by atoms with E-state index in [2.05, 4.69) is 21.5 Å². The summed E-state index contributed by atoms with van der Waals surface area (Å²) in [5.74, 6) is -3.49. The van der Waals surface area contributed by atoms with Crippen molar-refractivity contribution in [1.29, 1.82) is 0 Å². The summed E-state index contributed by atoms with van der Waals surface area (Å²) >= 11 is 0. The number of nitrogens with zero attached hydrogens (tertiary/aromatic N) is 6. The van der Waals surface area contributed by atoms with Crippen molar-refractivity contribution in [3.05, 3.63) is 83.2 Å². The molecular formula is C30H27F3N6O4S. The zero-order valence-corrected chi connectivity index (χ0v) is 24.4. The molecule has 0 bridgehead atoms. The minimum absolute atomic E-state index is 0.00575. The van der Waals surface area contributed by atoms with Gasteiger partial charge in [0, 0.05) is 31.9 Å². The lowest BCUT2D eigenvalue weighted by Gasteiger charge is -2.40. The van der Waals surface area contributed by atoms with Gasteiger partial charge in [0.05, 0.1) is 21.9 Å². The van der Waals surface area contributed by atoms with Gasteiger partial charge in [-0.1, -0.05) is 19.1 Å². The molecule has 4 aromatic rings. The molecule has 44 heavy (non-hydrogen) atoms. The fourth-order valence-electron chi connectivity index (χ4n) is 5.65. The van der Waals surface area contributed by atoms with E-state index in [-0.39, 0.29) is 53.1 Å². The fourth-order valence-corrected chi connectivity index (χ4v) is 7.58. The van der Waals surface area contributed by atoms with Gasteiger partial charge in [0.25, 0.3) is 0 Å². The Morgan fingerprint density at radius 3 is 2.41 bits per heavy atom. The Morgan fingerprint density at radius 2 is 1.77 bits per heavy atom. The molecule has 4 heterocycles. The highest BCUT2D eigenvalue weighted by molar-refractivity contribution is 7.92. The van der Waals surface area contributed by atoms with Gasteiger partial charge in [0.2, 0.25) is 15.7 Å². The molecule has 1 atom stereocenters. The molecular weight excluding hydrogens is 597 g/mol. The molecule has 228 valence electrons. The molecule has 3 aromatic heterocycles. The summed E-state index contributed by atoms with van der Waals surface area (Å²) in [4.78, 5) is 42.0. The fraction of sp³-hybridized carbons (Fsp3) is 0.300. The lowest BCUT2D eigenvalue weighted by molar-refractivity contribution is -0.126. The number of piperazine rings is 1. The van der Waals surface area contributed by atoms with Crippen molar-refractivity contribution in [1.82, 2.24) is 24.4 Å². The molecule has 0 unspecified atom stereocenters. The quantitative estimate of drug-likeness (QED) is 0.298. The first-order valence-electron chi connectivity index (χ1n) is 14.0. The van der Waals surface area contributed by atoms with E-state index in [0.717, 1.165) is 35.3 Å². The van der Waals surface area contributed by atoms with Crippen LogP contribution in [0.25, 0.3) is 28.0 Å². The molecule has 14 heteroatoms. The summed E-state index contributed by atoms with van der Waals surface area (Å²) in [7, 11) is -3.98. The first-order valence-corrected chi connectivity index (χ1v) is 15.5. The smallest absolute Gasteiger partial charge is 0.350 e. The van der Waals surface area contributed by atoms with Crippen LogP contribution in [0.2, 0.25) is 0 Å². The molecule has 1 aromatic carbocycles. The monoisotopic (exact) mass is 624 g/mol. The second-order valence-electron chi connectivity index (χ2n) is 10.8. The molecule has 2 aliphatic rings. The van der Waals surface area contributed by atoms with Gasteiger partial charge in [-0.05, 0) is 56.2 Å². The third kappa shape index (κ3) is 4.82. The van der Waals surface area contributed by atoms with Crippen LogP contribution in [0.4, 0.5) is 19.0 Å². The standard InChI is InChI=1S/C30H27F3N6O4S/c1-3-24(40)37-13-14-38(17(2)16-37)27-19-15-22(33)26(25-20(31)9-5-10-21(25)32)35-28(19)39(30(41)36-27)23-11-6-12-34-29(23)44(42,43)18-7-4-8-18/h3,5-6,9-12,15,17-18H,1,4,7-8,13-14,16H2,2H3/t17-/m0/s1. The van der Waals surface area contributed by atoms with Gasteiger partial charge in [-0.3, -0.25) is 4.79 Å². The first-order chi connectivity index (χ1) is 21.0. The molecule has 0 N–H and O–H groups in total. The molecule has 10 nitrogen and oxygen atoms in total. The van der Waals surface area contributed by atoms with Crippen molar-refractivity contribution < 1.29 is 26.4 Å². The summed E-state index contributed by atoms with van der Waals surface area (Å²) in [6, 6.07) is 6.40. The Bertz CT molecular complexity index is 1980. The molecule has 1 aliphatic heterocycles. The molecule has 0 radical (unpaired) electrons. The van der Waals surface area contributed by atoms with Gasteiger partial charge in [-0.25, -0.2) is 40.9 Å². The van der Waals surface area contributed by atoms with Crippen LogP contribution in [0, 0.1) is 17.5 Å². The van der Waals surface area contributed by atoms with Crippen molar-refractivity contribution in [3.63, 3.8) is 0 Å². The Hall–Kier alpha value is -4.59. The summed E-state index contributed by atoms with van der Waals surface area (Å²) in [5, 5.41) is -1.07. The highest BCUT2D eigenvalue weighted by Gasteiger charge is 2.37. The number of halogens is 3. The van der Waals surface area contributed by atoms with E-state index < -0.39 is 55.5 Å². The third-order valence-electron chi connectivity index (χ3n) is 8.14. The molecule has 2 fully saturated rings. The maximum Gasteiger partial charge on any atom is 0.355 e. The average Bonchev–Trinajstić information content (AvgIpc) is 2.96. The summed E-state index contributed by atoms with van der Waals surface area (Å²) in [6.45, 7) is 6.02. The molecule has 1 amide bonds. The molecule has 0 spiro atoms. The van der Waals surface area contributed by atoms with E-state index >= 15 is 4.39 Å². The highest BCUT2D eigenvalue weighted by atomic mass is 32.2. The molecule has 1 saturated heterocycles. The number of fused-ring (bicyclic) bond motifs is 1. The number of sulfone groups is 1. The van der Waals surface area contributed by atoms with E-state index in [4.69, 9.17) is 0 Å². The van der Waals surface area contributed by atoms with Gasteiger partial charge in [-0.2, -0.15) is 4.98 Å². The first kappa shape index (κ1) is 29.5. The van der Waals surface area contributed by atoms with Crippen LogP contribution in [0.15, 0.2) is 65.1 Å². The van der Waals surface area contributed by atoms with Gasteiger partial charge in [-0.15, -0.1) is 0 Å². The second kappa shape index (κ2) is 11.2. The number of rotatable bonds is 6. The summed E-state index contributed by atoms with van der Waals surface area (Å²) in [5.41, 5.74) is -2.85. The van der Waals surface area contributed by atoms with Gasteiger partial charge in [0.15, 0.2) is 16.5 Å². The number of hydrogen-bond donors (Lipinski definition) is 0. The zero-order chi connectivity index (χ0) is 31.3. The van der Waals surface area contributed by atoms with E-state index in [1.807, 2.05) is 0 Å². The number of anilines is 1. The van der Waals surface area contributed by atoms with E-state index in [9.17, 15) is 26.8 Å². The number of hydrogen-bond acceptors (Lipinski definition) is 8. The lowest BCUT2D eigenvalue weighted by atomic mass is 10.0. The number of carbonyl (C=O) groups is 1. The van der Waals surface area contributed by atoms with Crippen molar-refractivity contribution in [2.45, 2.75) is 42.5 Å². The van der Waals surface area contributed by atoms with Crippen molar-refractivity contribution in [3.8, 4) is 16.9 Å². The Labute approximate surface area is 250 Å². The minimum atomic E-state index is -3.98. The largest absolute Gasteiger partial charge is 0.355 e. The van der Waals surface area contributed by atoms with E-state index in [1.165, 1.54) is 24.4 Å². The number of pyridine rings is 2. The lowest BCUT2D eigenvalue weighted by Crippen LogP contribution is -2.54. The maximum atomic E-state index is 15.8. The minimum Gasteiger partial charge on any atom is -0.350 e. The zero-order valence-electron chi connectivity index (χ0n) is 23.6. The van der Waals surface area contributed by atoms with E-state index in [1.54, 1.807) is 16.7 Å². The Kier molecular flexibility index (Phi) is 7.48. The Morgan fingerprint density at radius 1 is 1.05 bits per heavy atom. The second-order valence-corrected chi connectivity index (χ2v) is 12.9. The summed E-state index contributed by atoms with van der Waals surface area (Å²) in [6.07, 6.45) is 4.08. The molecule has 6 rings (SSSR count). The van der Waals surface area contributed by atoms with Crippen molar-refractivity contribution >= 4 is 32.6 Å². The van der Waals surface area contributed by atoms with Crippen molar-refractivity contribution in [2.75, 3.05) is 24.5 Å². The van der Waals surface area contributed by atoms with Crippen LogP contribution in [0.1, 0.15) is 26.2 Å². The van der Waals surface area contributed by atoms with Crippen LogP contribution in [-0.4, -0.2) is 69.7 Å². The van der Waals surface area contributed by atoms with Crippen LogP contribution < -0.4 is 10.6 Å². The average molecular weight is 625 g/mol.